The van der Waals surface area contributed by atoms with Gasteiger partial charge < -0.3 is 5.32 Å². The summed E-state index contributed by atoms with van der Waals surface area (Å²) in [7, 11) is -3.77. The van der Waals surface area contributed by atoms with E-state index in [1.54, 1.807) is 0 Å². The lowest BCUT2D eigenvalue weighted by Gasteiger charge is -2.31. The van der Waals surface area contributed by atoms with Gasteiger partial charge >= 0.3 is 0 Å². The molecule has 29 heavy (non-hydrogen) atoms. The molecule has 1 fully saturated rings. The molecule has 0 saturated carbocycles. The molecule has 0 bridgehead atoms. The topological polar surface area (TPSA) is 92.3 Å². The highest BCUT2D eigenvalue weighted by Crippen LogP contribution is 2.29. The number of benzene rings is 1. The summed E-state index contributed by atoms with van der Waals surface area (Å²) in [5.41, 5.74) is 0. The minimum atomic E-state index is -3.77. The molecule has 2 heterocycles. The van der Waals surface area contributed by atoms with Crippen molar-refractivity contribution in [2.45, 2.75) is 50.3 Å². The zero-order valence-corrected chi connectivity index (χ0v) is 18.1. The van der Waals surface area contributed by atoms with Gasteiger partial charge in [0.25, 0.3) is 0 Å². The molecule has 1 unspecified atom stereocenters. The van der Waals surface area contributed by atoms with Crippen LogP contribution in [0.1, 0.15) is 50.5 Å². The molecular weight excluding hydrogens is 415 g/mol. The zero-order valence-electron chi connectivity index (χ0n) is 16.5. The summed E-state index contributed by atoms with van der Waals surface area (Å²) in [4.78, 5) is 12.7. The van der Waals surface area contributed by atoms with E-state index in [0.717, 1.165) is 30.0 Å². The lowest BCUT2D eigenvalue weighted by molar-refractivity contribution is -0.120. The van der Waals surface area contributed by atoms with E-state index in [2.05, 4.69) is 29.4 Å². The summed E-state index contributed by atoms with van der Waals surface area (Å²) >= 11 is 1.37. The first kappa shape index (κ1) is 21.8. The Morgan fingerprint density at radius 3 is 2.62 bits per heavy atom. The monoisotopic (exact) mass is 440 g/mol. The molecular formula is C19H25FN4O3S2. The second kappa shape index (κ2) is 9.27. The van der Waals surface area contributed by atoms with Crippen molar-refractivity contribution in [3.8, 4) is 0 Å². The first-order valence-electron chi connectivity index (χ1n) is 9.75. The lowest BCUT2D eigenvalue weighted by atomic mass is 9.99. The number of nitrogens with one attached hydrogen (secondary N) is 1. The van der Waals surface area contributed by atoms with Crippen LogP contribution in [0.4, 0.5) is 9.52 Å². The number of halogens is 1. The van der Waals surface area contributed by atoms with Gasteiger partial charge in [-0.25, -0.2) is 12.8 Å². The van der Waals surface area contributed by atoms with Gasteiger partial charge in [-0.3, -0.25) is 4.79 Å². The van der Waals surface area contributed by atoms with Crippen molar-refractivity contribution in [1.82, 2.24) is 14.5 Å². The maximum absolute atomic E-state index is 13.1. The van der Waals surface area contributed by atoms with E-state index in [1.807, 2.05) is 0 Å². The number of sulfonamides is 1. The average Bonchev–Trinajstić information content (AvgIpc) is 3.17. The maximum Gasteiger partial charge on any atom is 0.243 e. The molecule has 1 atom stereocenters. The number of hydrogen-bond acceptors (Lipinski definition) is 6. The summed E-state index contributed by atoms with van der Waals surface area (Å²) in [5, 5.41) is 12.4. The SMILES string of the molecule is CCC(CC)c1nnc(NC(=O)C2CCCN(S(=O)(=O)c3ccc(F)cc3)C2)s1. The van der Waals surface area contributed by atoms with Crippen LogP contribution in [0.3, 0.4) is 0 Å². The molecule has 1 amide bonds. The molecule has 2 aromatic rings. The minimum Gasteiger partial charge on any atom is -0.300 e. The molecule has 0 aliphatic carbocycles. The Labute approximate surface area is 174 Å². The predicted molar refractivity (Wildman–Crippen MR) is 110 cm³/mol. The van der Waals surface area contributed by atoms with E-state index in [0.29, 0.717) is 30.4 Å². The van der Waals surface area contributed by atoms with Gasteiger partial charge in [0.05, 0.1) is 10.8 Å². The van der Waals surface area contributed by atoms with E-state index in [1.165, 1.54) is 27.8 Å². The number of anilines is 1. The number of nitrogens with zero attached hydrogens (tertiary/aromatic N) is 3. The molecule has 1 aromatic heterocycles. The van der Waals surface area contributed by atoms with Crippen LogP contribution in [-0.2, 0) is 14.8 Å². The Balaban J connectivity index is 1.67. The molecule has 1 aliphatic rings. The summed E-state index contributed by atoms with van der Waals surface area (Å²) in [6, 6.07) is 4.73. The third kappa shape index (κ3) is 4.99. The second-order valence-corrected chi connectivity index (χ2v) is 10.1. The third-order valence-corrected chi connectivity index (χ3v) is 8.09. The van der Waals surface area contributed by atoms with Gasteiger partial charge in [0.2, 0.25) is 21.1 Å². The van der Waals surface area contributed by atoms with Crippen LogP contribution >= 0.6 is 11.3 Å². The summed E-state index contributed by atoms with van der Waals surface area (Å²) < 4.78 is 40.1. The molecule has 158 valence electrons. The standard InChI is InChI=1S/C19H25FN4O3S2/c1-3-13(4-2)18-22-23-19(28-18)21-17(25)14-6-5-11-24(12-14)29(26,27)16-9-7-15(20)8-10-16/h7-10,13-14H,3-6,11-12H2,1-2H3,(H,21,23,25). The van der Waals surface area contributed by atoms with Crippen molar-refractivity contribution in [2.24, 2.45) is 5.92 Å². The van der Waals surface area contributed by atoms with Crippen LogP contribution in [0.15, 0.2) is 29.2 Å². The fourth-order valence-electron chi connectivity index (χ4n) is 3.43. The largest absolute Gasteiger partial charge is 0.300 e. The van der Waals surface area contributed by atoms with E-state index < -0.39 is 21.8 Å². The maximum atomic E-state index is 13.1. The number of amides is 1. The normalized spacial score (nSPS) is 18.1. The number of rotatable bonds is 7. The summed E-state index contributed by atoms with van der Waals surface area (Å²) in [5.74, 6) is -0.899. The second-order valence-electron chi connectivity index (χ2n) is 7.10. The Hall–Kier alpha value is -1.91. The highest BCUT2D eigenvalue weighted by atomic mass is 32.2. The van der Waals surface area contributed by atoms with Crippen molar-refractivity contribution in [1.29, 1.82) is 0 Å². The minimum absolute atomic E-state index is 0.0268. The van der Waals surface area contributed by atoms with Gasteiger partial charge in [0, 0.05) is 19.0 Å². The molecule has 10 heteroatoms. The quantitative estimate of drug-likeness (QED) is 0.710. The highest BCUT2D eigenvalue weighted by molar-refractivity contribution is 7.89. The van der Waals surface area contributed by atoms with Gasteiger partial charge in [0.15, 0.2) is 0 Å². The van der Waals surface area contributed by atoms with Gasteiger partial charge in [-0.15, -0.1) is 10.2 Å². The molecule has 7 nitrogen and oxygen atoms in total. The predicted octanol–water partition coefficient (Wildman–Crippen LogP) is 3.62. The smallest absolute Gasteiger partial charge is 0.243 e. The Kier molecular flexibility index (Phi) is 6.97. The first-order chi connectivity index (χ1) is 13.8. The molecule has 1 aromatic carbocycles. The van der Waals surface area contributed by atoms with Crippen molar-refractivity contribution >= 4 is 32.4 Å². The summed E-state index contributed by atoms with van der Waals surface area (Å²) in [6.45, 7) is 4.60. The van der Waals surface area contributed by atoms with Gasteiger partial charge in [-0.2, -0.15) is 4.31 Å². The van der Waals surface area contributed by atoms with Crippen LogP contribution in [0.2, 0.25) is 0 Å². The number of carbonyl (C=O) groups is 1. The van der Waals surface area contributed by atoms with E-state index >= 15 is 0 Å². The first-order valence-corrected chi connectivity index (χ1v) is 12.0. The van der Waals surface area contributed by atoms with Crippen LogP contribution in [0.5, 0.6) is 0 Å². The summed E-state index contributed by atoms with van der Waals surface area (Å²) in [6.07, 6.45) is 3.09. The molecule has 1 N–H and O–H groups in total. The fraction of sp³-hybridized carbons (Fsp3) is 0.526. The van der Waals surface area contributed by atoms with Crippen LogP contribution in [0.25, 0.3) is 0 Å². The van der Waals surface area contributed by atoms with Crippen LogP contribution in [0, 0.1) is 11.7 Å². The van der Waals surface area contributed by atoms with E-state index in [9.17, 15) is 17.6 Å². The Bertz CT molecular complexity index is 943. The fourth-order valence-corrected chi connectivity index (χ4v) is 5.96. The number of aromatic nitrogens is 2. The highest BCUT2D eigenvalue weighted by Gasteiger charge is 2.33. The van der Waals surface area contributed by atoms with Gasteiger partial charge in [-0.05, 0) is 49.9 Å². The van der Waals surface area contributed by atoms with Crippen molar-refractivity contribution < 1.29 is 17.6 Å². The number of hydrogen-bond donors (Lipinski definition) is 1. The average molecular weight is 441 g/mol. The third-order valence-electron chi connectivity index (χ3n) is 5.21. The zero-order chi connectivity index (χ0) is 21.0. The van der Waals surface area contributed by atoms with Crippen molar-refractivity contribution in [3.63, 3.8) is 0 Å². The molecule has 1 saturated heterocycles. The Morgan fingerprint density at radius 1 is 1.28 bits per heavy atom. The molecule has 1 aliphatic heterocycles. The number of piperidine rings is 1. The van der Waals surface area contributed by atoms with Crippen molar-refractivity contribution in [3.05, 3.63) is 35.1 Å². The Morgan fingerprint density at radius 2 is 1.97 bits per heavy atom. The molecule has 0 radical (unpaired) electrons. The molecule has 0 spiro atoms. The van der Waals surface area contributed by atoms with Crippen LogP contribution < -0.4 is 5.32 Å². The van der Waals surface area contributed by atoms with Gasteiger partial charge in [0.1, 0.15) is 10.8 Å². The lowest BCUT2D eigenvalue weighted by Crippen LogP contribution is -2.43. The number of carbonyl (C=O) groups excluding carboxylic acids is 1. The van der Waals surface area contributed by atoms with E-state index in [4.69, 9.17) is 0 Å². The molecule has 3 rings (SSSR count). The van der Waals surface area contributed by atoms with Gasteiger partial charge in [-0.1, -0.05) is 25.2 Å². The van der Waals surface area contributed by atoms with Crippen LogP contribution in [-0.4, -0.2) is 41.9 Å². The van der Waals surface area contributed by atoms with Crippen molar-refractivity contribution in [2.75, 3.05) is 18.4 Å². The van der Waals surface area contributed by atoms with E-state index in [-0.39, 0.29) is 17.3 Å².